The van der Waals surface area contributed by atoms with Gasteiger partial charge in [-0.2, -0.15) is 4.99 Å². The first kappa shape index (κ1) is 14.0. The quantitative estimate of drug-likeness (QED) is 0.865. The number of aromatic nitrogens is 1. The predicted octanol–water partition coefficient (Wildman–Crippen LogP) is 2.41. The van der Waals surface area contributed by atoms with Crippen molar-refractivity contribution in [3.05, 3.63) is 28.1 Å². The second-order valence-corrected chi connectivity index (χ2v) is 5.60. The minimum atomic E-state index is -0.174. The fraction of sp³-hybridized carbons (Fsp3) is 0.429. The third-order valence-electron chi connectivity index (χ3n) is 2.88. The van der Waals surface area contributed by atoms with Gasteiger partial charge >= 0.3 is 0 Å². The van der Waals surface area contributed by atoms with Gasteiger partial charge in [0.05, 0.1) is 16.8 Å². The summed E-state index contributed by atoms with van der Waals surface area (Å²) >= 11 is 1.55. The van der Waals surface area contributed by atoms with E-state index in [1.165, 1.54) is 18.1 Å². The average molecular weight is 278 g/mol. The van der Waals surface area contributed by atoms with Crippen molar-refractivity contribution in [3.8, 4) is 0 Å². The van der Waals surface area contributed by atoms with E-state index in [4.69, 9.17) is 4.74 Å². The average Bonchev–Trinajstić information content (AvgIpc) is 2.63. The van der Waals surface area contributed by atoms with Gasteiger partial charge in [-0.15, -0.1) is 0 Å². The van der Waals surface area contributed by atoms with Crippen molar-refractivity contribution in [2.75, 3.05) is 13.7 Å². The summed E-state index contributed by atoms with van der Waals surface area (Å²) in [6.07, 6.45) is 0. The molecular weight excluding hydrogens is 260 g/mol. The zero-order valence-corrected chi connectivity index (χ0v) is 12.5. The van der Waals surface area contributed by atoms with Crippen molar-refractivity contribution in [3.63, 3.8) is 0 Å². The monoisotopic (exact) mass is 278 g/mol. The lowest BCUT2D eigenvalue weighted by atomic mass is 10.1. The third-order valence-corrected chi connectivity index (χ3v) is 3.91. The van der Waals surface area contributed by atoms with Gasteiger partial charge in [-0.05, 0) is 31.0 Å². The molecule has 2 aromatic rings. The molecule has 19 heavy (non-hydrogen) atoms. The zero-order valence-electron chi connectivity index (χ0n) is 11.7. The lowest BCUT2D eigenvalue weighted by Crippen LogP contribution is -2.19. The van der Waals surface area contributed by atoms with Crippen molar-refractivity contribution in [1.82, 2.24) is 4.57 Å². The molecule has 0 N–H and O–H groups in total. The molecule has 4 nitrogen and oxygen atoms in total. The van der Waals surface area contributed by atoms with E-state index >= 15 is 0 Å². The third kappa shape index (κ3) is 2.93. The van der Waals surface area contributed by atoms with Crippen molar-refractivity contribution in [2.24, 2.45) is 4.99 Å². The van der Waals surface area contributed by atoms with E-state index in [-0.39, 0.29) is 5.91 Å². The smallest absolute Gasteiger partial charge is 0.245 e. The van der Waals surface area contributed by atoms with Gasteiger partial charge in [0, 0.05) is 20.6 Å². The molecule has 0 aliphatic heterocycles. The number of ether oxygens (including phenoxy) is 1. The molecule has 0 bridgehead atoms. The summed E-state index contributed by atoms with van der Waals surface area (Å²) in [6.45, 7) is 6.94. The number of benzene rings is 1. The predicted molar refractivity (Wildman–Crippen MR) is 77.4 cm³/mol. The second-order valence-electron chi connectivity index (χ2n) is 4.59. The molecule has 0 unspecified atom stereocenters. The molecular formula is C14H18N2O2S. The maximum absolute atomic E-state index is 11.3. The highest BCUT2D eigenvalue weighted by Crippen LogP contribution is 2.23. The Morgan fingerprint density at radius 1 is 1.42 bits per heavy atom. The Bertz CT molecular complexity index is 683. The second kappa shape index (κ2) is 5.67. The molecule has 0 aliphatic carbocycles. The minimum Gasteiger partial charge on any atom is -0.383 e. The Morgan fingerprint density at radius 2 is 2.16 bits per heavy atom. The molecule has 5 heteroatoms. The van der Waals surface area contributed by atoms with Crippen LogP contribution in [0.4, 0.5) is 0 Å². The van der Waals surface area contributed by atoms with Gasteiger partial charge in [0.1, 0.15) is 0 Å². The summed E-state index contributed by atoms with van der Waals surface area (Å²) in [4.78, 5) is 16.1. The molecule has 102 valence electrons. The first-order chi connectivity index (χ1) is 9.02. The first-order valence-corrected chi connectivity index (χ1v) is 6.99. The number of amides is 1. The Balaban J connectivity index is 2.74. The van der Waals surface area contributed by atoms with Crippen LogP contribution < -0.4 is 4.80 Å². The van der Waals surface area contributed by atoms with Crippen LogP contribution in [0.3, 0.4) is 0 Å². The van der Waals surface area contributed by atoms with Gasteiger partial charge in [-0.25, -0.2) is 0 Å². The maximum Gasteiger partial charge on any atom is 0.245 e. The molecule has 0 atom stereocenters. The van der Waals surface area contributed by atoms with E-state index in [0.29, 0.717) is 13.2 Å². The minimum absolute atomic E-state index is 0.174. The SMILES string of the molecule is COCCn1c(=NC(C)=O)sc2cc(C)cc(C)c21. The standard InChI is InChI=1S/C14H18N2O2S/c1-9-7-10(2)13-12(8-9)19-14(15-11(3)17)16(13)5-6-18-4/h7-8H,5-6H2,1-4H3. The summed E-state index contributed by atoms with van der Waals surface area (Å²) in [6, 6.07) is 4.28. The highest BCUT2D eigenvalue weighted by atomic mass is 32.1. The Kier molecular flexibility index (Phi) is 4.17. The van der Waals surface area contributed by atoms with Gasteiger partial charge in [-0.1, -0.05) is 17.4 Å². The Morgan fingerprint density at radius 3 is 2.79 bits per heavy atom. The normalized spacial score (nSPS) is 12.3. The number of nitrogens with zero attached hydrogens (tertiary/aromatic N) is 2. The van der Waals surface area contributed by atoms with Gasteiger partial charge in [0.25, 0.3) is 0 Å². The lowest BCUT2D eigenvalue weighted by Gasteiger charge is -2.07. The van der Waals surface area contributed by atoms with Gasteiger partial charge in [0.2, 0.25) is 5.91 Å². The summed E-state index contributed by atoms with van der Waals surface area (Å²) in [7, 11) is 1.67. The van der Waals surface area contributed by atoms with Crippen molar-refractivity contribution in [2.45, 2.75) is 27.3 Å². The number of carbonyl (C=O) groups excluding carboxylic acids is 1. The number of methoxy groups -OCH3 is 1. The number of hydrogen-bond donors (Lipinski definition) is 0. The van der Waals surface area contributed by atoms with Gasteiger partial charge < -0.3 is 9.30 Å². The molecule has 1 aromatic carbocycles. The van der Waals surface area contributed by atoms with Crippen LogP contribution >= 0.6 is 11.3 Å². The molecule has 1 heterocycles. The van der Waals surface area contributed by atoms with Crippen molar-refractivity contribution < 1.29 is 9.53 Å². The molecule has 0 fully saturated rings. The van der Waals surface area contributed by atoms with Crippen LogP contribution in [0.15, 0.2) is 17.1 Å². The number of carbonyl (C=O) groups is 1. The molecule has 1 amide bonds. The molecule has 0 aliphatic rings. The van der Waals surface area contributed by atoms with E-state index in [2.05, 4.69) is 35.5 Å². The summed E-state index contributed by atoms with van der Waals surface area (Å²) < 4.78 is 8.37. The number of aryl methyl sites for hydroxylation is 2. The summed E-state index contributed by atoms with van der Waals surface area (Å²) in [5.41, 5.74) is 3.57. The van der Waals surface area contributed by atoms with Gasteiger partial charge in [-0.3, -0.25) is 4.79 Å². The van der Waals surface area contributed by atoms with Crippen LogP contribution in [0.1, 0.15) is 18.1 Å². The largest absolute Gasteiger partial charge is 0.383 e. The molecule has 0 saturated carbocycles. The molecule has 0 spiro atoms. The maximum atomic E-state index is 11.3. The number of fused-ring (bicyclic) bond motifs is 1. The Labute approximate surface area is 116 Å². The number of hydrogen-bond acceptors (Lipinski definition) is 3. The van der Waals surface area contributed by atoms with Crippen LogP contribution in [0.5, 0.6) is 0 Å². The summed E-state index contributed by atoms with van der Waals surface area (Å²) in [5.74, 6) is -0.174. The van der Waals surface area contributed by atoms with E-state index in [1.54, 1.807) is 18.4 Å². The van der Waals surface area contributed by atoms with Crippen molar-refractivity contribution in [1.29, 1.82) is 0 Å². The van der Waals surface area contributed by atoms with E-state index in [1.807, 2.05) is 0 Å². The number of rotatable bonds is 3. The van der Waals surface area contributed by atoms with Crippen LogP contribution in [-0.2, 0) is 16.1 Å². The first-order valence-electron chi connectivity index (χ1n) is 6.17. The molecule has 2 rings (SSSR count). The molecule has 0 radical (unpaired) electrons. The van der Waals surface area contributed by atoms with Crippen LogP contribution in [0.2, 0.25) is 0 Å². The van der Waals surface area contributed by atoms with E-state index in [9.17, 15) is 4.79 Å². The van der Waals surface area contributed by atoms with Crippen LogP contribution in [0.25, 0.3) is 10.2 Å². The molecule has 0 saturated heterocycles. The highest BCUT2D eigenvalue weighted by Gasteiger charge is 2.09. The van der Waals surface area contributed by atoms with Crippen LogP contribution in [0, 0.1) is 13.8 Å². The fourth-order valence-corrected chi connectivity index (χ4v) is 3.48. The summed E-state index contributed by atoms with van der Waals surface area (Å²) in [5, 5.41) is 0. The molecule has 1 aromatic heterocycles. The highest BCUT2D eigenvalue weighted by molar-refractivity contribution is 7.16. The fourth-order valence-electron chi connectivity index (χ4n) is 2.20. The van der Waals surface area contributed by atoms with Crippen molar-refractivity contribution >= 4 is 27.5 Å². The topological polar surface area (TPSA) is 43.6 Å². The van der Waals surface area contributed by atoms with E-state index in [0.717, 1.165) is 15.0 Å². The zero-order chi connectivity index (χ0) is 14.0. The Hall–Kier alpha value is -1.46. The number of thiazole rings is 1. The van der Waals surface area contributed by atoms with Crippen LogP contribution in [-0.4, -0.2) is 24.2 Å². The van der Waals surface area contributed by atoms with E-state index < -0.39 is 0 Å². The van der Waals surface area contributed by atoms with Gasteiger partial charge in [0.15, 0.2) is 4.80 Å². The lowest BCUT2D eigenvalue weighted by molar-refractivity contribution is -0.116.